The van der Waals surface area contributed by atoms with Gasteiger partial charge in [-0.1, -0.05) is 12.1 Å². The minimum absolute atomic E-state index is 0.189. The first-order valence-corrected chi connectivity index (χ1v) is 6.74. The minimum atomic E-state index is -0.348. The Bertz CT molecular complexity index is 647. The van der Waals surface area contributed by atoms with E-state index in [4.69, 9.17) is 21.1 Å². The van der Waals surface area contributed by atoms with Crippen LogP contribution in [-0.2, 0) is 17.6 Å². The van der Waals surface area contributed by atoms with E-state index in [9.17, 15) is 4.79 Å². The number of benzene rings is 1. The molecule has 0 unspecified atom stereocenters. The van der Waals surface area contributed by atoms with Gasteiger partial charge in [0.15, 0.2) is 5.75 Å². The zero-order chi connectivity index (χ0) is 15.2. The van der Waals surface area contributed by atoms with Gasteiger partial charge in [-0.3, -0.25) is 0 Å². The minimum Gasteiger partial charge on any atom is -0.493 e. The fraction of sp³-hybridized carbons (Fsp3) is 0.267. The van der Waals surface area contributed by atoms with Crippen LogP contribution >= 0.6 is 11.6 Å². The molecule has 21 heavy (non-hydrogen) atoms. The first-order chi connectivity index (χ1) is 10.1. The molecule has 6 heteroatoms. The zero-order valence-electron chi connectivity index (χ0n) is 11.8. The molecule has 110 valence electrons. The summed E-state index contributed by atoms with van der Waals surface area (Å²) < 4.78 is 9.92. The van der Waals surface area contributed by atoms with Crippen LogP contribution in [0.2, 0.25) is 5.28 Å². The molecule has 0 spiro atoms. The molecule has 0 amide bonds. The number of methoxy groups -OCH3 is 2. The Morgan fingerprint density at radius 1 is 1.29 bits per heavy atom. The van der Waals surface area contributed by atoms with Crippen molar-refractivity contribution in [1.82, 2.24) is 9.97 Å². The normalized spacial score (nSPS) is 10.2. The Balaban J connectivity index is 2.13. The second-order valence-electron chi connectivity index (χ2n) is 4.35. The largest absolute Gasteiger partial charge is 0.493 e. The highest BCUT2D eigenvalue weighted by atomic mass is 35.5. The van der Waals surface area contributed by atoms with Crippen LogP contribution in [0.4, 0.5) is 0 Å². The van der Waals surface area contributed by atoms with Gasteiger partial charge in [0.2, 0.25) is 5.28 Å². The number of carbonyl (C=O) groups excluding carboxylic acids is 1. The smallest absolute Gasteiger partial charge is 0.337 e. The molecule has 0 N–H and O–H groups in total. The SMILES string of the molecule is COC(=O)c1cccc(CCc2nc(Cl)ncc2OC)c1. The Labute approximate surface area is 127 Å². The van der Waals surface area contributed by atoms with E-state index < -0.39 is 0 Å². The molecule has 1 heterocycles. The van der Waals surface area contributed by atoms with Crippen molar-refractivity contribution in [2.75, 3.05) is 14.2 Å². The zero-order valence-corrected chi connectivity index (χ0v) is 12.6. The van der Waals surface area contributed by atoms with E-state index in [2.05, 4.69) is 9.97 Å². The van der Waals surface area contributed by atoms with Gasteiger partial charge in [-0.05, 0) is 42.1 Å². The van der Waals surface area contributed by atoms with Crippen molar-refractivity contribution in [2.45, 2.75) is 12.8 Å². The van der Waals surface area contributed by atoms with Crippen molar-refractivity contribution in [3.05, 3.63) is 52.6 Å². The Morgan fingerprint density at radius 2 is 2.10 bits per heavy atom. The lowest BCUT2D eigenvalue weighted by molar-refractivity contribution is 0.0600. The molecule has 0 fully saturated rings. The number of hydrogen-bond donors (Lipinski definition) is 0. The molecule has 0 bridgehead atoms. The lowest BCUT2D eigenvalue weighted by Crippen LogP contribution is -2.03. The highest BCUT2D eigenvalue weighted by Crippen LogP contribution is 2.19. The van der Waals surface area contributed by atoms with E-state index in [0.29, 0.717) is 24.2 Å². The second-order valence-corrected chi connectivity index (χ2v) is 4.68. The monoisotopic (exact) mass is 306 g/mol. The Hall–Kier alpha value is -2.14. The van der Waals surface area contributed by atoms with Crippen LogP contribution < -0.4 is 4.74 Å². The number of esters is 1. The third-order valence-electron chi connectivity index (χ3n) is 3.02. The summed E-state index contributed by atoms with van der Waals surface area (Å²) in [5, 5.41) is 0.189. The van der Waals surface area contributed by atoms with Crippen molar-refractivity contribution >= 4 is 17.6 Å². The van der Waals surface area contributed by atoms with Gasteiger partial charge in [0, 0.05) is 0 Å². The van der Waals surface area contributed by atoms with Crippen molar-refractivity contribution in [3.63, 3.8) is 0 Å². The van der Waals surface area contributed by atoms with Gasteiger partial charge >= 0.3 is 5.97 Å². The number of hydrogen-bond acceptors (Lipinski definition) is 5. The van der Waals surface area contributed by atoms with Gasteiger partial charge in [-0.25, -0.2) is 14.8 Å². The van der Waals surface area contributed by atoms with Crippen molar-refractivity contribution in [3.8, 4) is 5.75 Å². The molecular weight excluding hydrogens is 292 g/mol. The van der Waals surface area contributed by atoms with Crippen LogP contribution in [0.3, 0.4) is 0 Å². The summed E-state index contributed by atoms with van der Waals surface area (Å²) in [6.07, 6.45) is 2.89. The van der Waals surface area contributed by atoms with Crippen LogP contribution in [0.25, 0.3) is 0 Å². The quantitative estimate of drug-likeness (QED) is 0.628. The predicted molar refractivity (Wildman–Crippen MR) is 78.8 cm³/mol. The predicted octanol–water partition coefficient (Wildman–Crippen LogP) is 2.71. The molecule has 1 aromatic heterocycles. The first kappa shape index (κ1) is 15.3. The molecule has 2 rings (SSSR count). The van der Waals surface area contributed by atoms with Crippen molar-refractivity contribution in [1.29, 1.82) is 0 Å². The van der Waals surface area contributed by atoms with Crippen molar-refractivity contribution in [2.24, 2.45) is 0 Å². The van der Waals surface area contributed by atoms with Crippen LogP contribution in [0.15, 0.2) is 30.5 Å². The van der Waals surface area contributed by atoms with E-state index in [0.717, 1.165) is 11.3 Å². The molecule has 1 aromatic carbocycles. The third kappa shape index (κ3) is 3.92. The van der Waals surface area contributed by atoms with Crippen LogP contribution in [0, 0.1) is 0 Å². The number of aryl methyl sites for hydroxylation is 2. The standard InChI is InChI=1S/C15H15ClN2O3/c1-20-13-9-17-15(16)18-12(13)7-6-10-4-3-5-11(8-10)14(19)21-2/h3-5,8-9H,6-7H2,1-2H3. The molecule has 0 aliphatic carbocycles. The molecule has 0 saturated carbocycles. The maximum absolute atomic E-state index is 11.5. The summed E-state index contributed by atoms with van der Waals surface area (Å²) in [7, 11) is 2.93. The topological polar surface area (TPSA) is 61.3 Å². The number of aromatic nitrogens is 2. The number of nitrogens with zero attached hydrogens (tertiary/aromatic N) is 2. The maximum atomic E-state index is 11.5. The summed E-state index contributed by atoms with van der Waals surface area (Å²) in [6, 6.07) is 7.30. The van der Waals surface area contributed by atoms with Gasteiger partial charge < -0.3 is 9.47 Å². The van der Waals surface area contributed by atoms with E-state index in [-0.39, 0.29) is 11.3 Å². The molecule has 0 atom stereocenters. The summed E-state index contributed by atoms with van der Waals surface area (Å²) in [5.41, 5.74) is 2.28. The van der Waals surface area contributed by atoms with E-state index in [1.54, 1.807) is 25.4 Å². The van der Waals surface area contributed by atoms with Crippen molar-refractivity contribution < 1.29 is 14.3 Å². The van der Waals surface area contributed by atoms with Crippen LogP contribution in [-0.4, -0.2) is 30.2 Å². The van der Waals surface area contributed by atoms with Gasteiger partial charge in [-0.2, -0.15) is 0 Å². The van der Waals surface area contributed by atoms with Crippen LogP contribution in [0.1, 0.15) is 21.6 Å². The first-order valence-electron chi connectivity index (χ1n) is 6.36. The average molecular weight is 307 g/mol. The van der Waals surface area contributed by atoms with Gasteiger partial charge in [0.1, 0.15) is 0 Å². The number of ether oxygens (including phenoxy) is 2. The summed E-state index contributed by atoms with van der Waals surface area (Å²) >= 11 is 5.80. The third-order valence-corrected chi connectivity index (χ3v) is 3.20. The molecule has 5 nitrogen and oxygen atoms in total. The van der Waals surface area contributed by atoms with Gasteiger partial charge in [-0.15, -0.1) is 0 Å². The molecule has 0 aliphatic heterocycles. The van der Waals surface area contributed by atoms with Gasteiger partial charge in [0.05, 0.1) is 31.7 Å². The van der Waals surface area contributed by atoms with E-state index in [1.807, 2.05) is 12.1 Å². The summed E-state index contributed by atoms with van der Waals surface area (Å²) in [6.45, 7) is 0. The molecular formula is C15H15ClN2O3. The Kier molecular flexibility index (Phi) is 5.11. The lowest BCUT2D eigenvalue weighted by Gasteiger charge is -2.08. The van der Waals surface area contributed by atoms with Crippen LogP contribution in [0.5, 0.6) is 5.75 Å². The molecule has 2 aromatic rings. The average Bonchev–Trinajstić information content (AvgIpc) is 2.52. The maximum Gasteiger partial charge on any atom is 0.337 e. The highest BCUT2D eigenvalue weighted by Gasteiger charge is 2.09. The summed E-state index contributed by atoms with van der Waals surface area (Å²) in [4.78, 5) is 19.6. The highest BCUT2D eigenvalue weighted by molar-refractivity contribution is 6.28. The van der Waals surface area contributed by atoms with E-state index in [1.165, 1.54) is 7.11 Å². The number of halogens is 1. The fourth-order valence-corrected chi connectivity index (χ4v) is 2.12. The fourth-order valence-electron chi connectivity index (χ4n) is 1.97. The molecule has 0 saturated heterocycles. The van der Waals surface area contributed by atoms with Gasteiger partial charge in [0.25, 0.3) is 0 Å². The second kappa shape index (κ2) is 7.04. The molecule has 0 radical (unpaired) electrons. The molecule has 0 aliphatic rings. The van der Waals surface area contributed by atoms with E-state index >= 15 is 0 Å². The lowest BCUT2D eigenvalue weighted by atomic mass is 10.0. The Morgan fingerprint density at radius 3 is 2.81 bits per heavy atom. The summed E-state index contributed by atoms with van der Waals surface area (Å²) in [5.74, 6) is 0.253. The number of carbonyl (C=O) groups is 1. The number of rotatable bonds is 5.